The van der Waals surface area contributed by atoms with Crippen LogP contribution in [0.2, 0.25) is 5.02 Å². The Balaban J connectivity index is 1.53. The molecule has 0 saturated heterocycles. The lowest BCUT2D eigenvalue weighted by atomic mass is 10.2. The topological polar surface area (TPSA) is 45.5 Å². The molecule has 0 saturated carbocycles. The lowest BCUT2D eigenvalue weighted by Crippen LogP contribution is -2.39. The molecular weight excluding hydrogens is 370 g/mol. The van der Waals surface area contributed by atoms with Crippen LogP contribution in [-0.4, -0.2) is 41.1 Å². The monoisotopic (exact) mass is 395 g/mol. The normalized spacial score (nSPS) is 11.5. The van der Waals surface area contributed by atoms with Crippen molar-refractivity contribution >= 4 is 17.6 Å². The number of halogens is 1. The van der Waals surface area contributed by atoms with Gasteiger partial charge in [-0.2, -0.15) is 0 Å². The highest BCUT2D eigenvalue weighted by atomic mass is 35.5. The number of benzene rings is 2. The second-order valence-corrected chi connectivity index (χ2v) is 7.10. The van der Waals surface area contributed by atoms with E-state index in [-0.39, 0.29) is 0 Å². The molecule has 5 nitrogen and oxygen atoms in total. The first-order valence-corrected chi connectivity index (χ1v) is 9.73. The summed E-state index contributed by atoms with van der Waals surface area (Å²) in [6.45, 7) is 2.33. The zero-order valence-corrected chi connectivity index (χ0v) is 17.1. The third-order valence-electron chi connectivity index (χ3n) is 4.51. The summed E-state index contributed by atoms with van der Waals surface area (Å²) in [6, 6.07) is 18.3. The van der Waals surface area contributed by atoms with E-state index in [0.29, 0.717) is 0 Å². The Morgan fingerprint density at radius 1 is 1.14 bits per heavy atom. The van der Waals surface area contributed by atoms with E-state index in [1.165, 1.54) is 5.56 Å². The number of aromatic nitrogens is 2. The minimum Gasteiger partial charge on any atom is -0.356 e. The number of aliphatic imine (C=N–C) groups is 1. The van der Waals surface area contributed by atoms with Gasteiger partial charge in [0, 0.05) is 57.6 Å². The number of imidazole rings is 1. The van der Waals surface area contributed by atoms with Crippen molar-refractivity contribution in [2.24, 2.45) is 4.99 Å². The Kier molecular flexibility index (Phi) is 7.09. The van der Waals surface area contributed by atoms with Gasteiger partial charge < -0.3 is 14.8 Å². The van der Waals surface area contributed by atoms with Gasteiger partial charge in [-0.3, -0.25) is 4.99 Å². The second-order valence-electron chi connectivity index (χ2n) is 6.67. The molecule has 0 radical (unpaired) electrons. The molecule has 0 atom stereocenters. The number of hydrogen-bond donors (Lipinski definition) is 1. The predicted octanol–water partition coefficient (Wildman–Crippen LogP) is 3.83. The molecule has 0 fully saturated rings. The molecule has 0 spiro atoms. The summed E-state index contributed by atoms with van der Waals surface area (Å²) in [5.41, 5.74) is 2.42. The van der Waals surface area contributed by atoms with Crippen molar-refractivity contribution < 1.29 is 0 Å². The van der Waals surface area contributed by atoms with Crippen LogP contribution < -0.4 is 5.32 Å². The van der Waals surface area contributed by atoms with Gasteiger partial charge in [-0.25, -0.2) is 4.98 Å². The van der Waals surface area contributed by atoms with E-state index in [4.69, 9.17) is 11.6 Å². The van der Waals surface area contributed by atoms with E-state index >= 15 is 0 Å². The molecule has 1 heterocycles. The standard InChI is InChI=1S/C22H26ClN5/c1-24-22(27(2)16-19-9-6-10-20(23)15-19)26-12-11-21-25-13-14-28(21)17-18-7-4-3-5-8-18/h3-10,13-15H,11-12,16-17H2,1-2H3,(H,24,26). The van der Waals surface area contributed by atoms with E-state index in [0.717, 1.165) is 48.4 Å². The molecule has 28 heavy (non-hydrogen) atoms. The summed E-state index contributed by atoms with van der Waals surface area (Å²) in [4.78, 5) is 11.0. The molecule has 1 aromatic heterocycles. The first-order chi connectivity index (χ1) is 13.7. The maximum absolute atomic E-state index is 6.08. The number of nitrogens with zero attached hydrogens (tertiary/aromatic N) is 4. The summed E-state index contributed by atoms with van der Waals surface area (Å²) in [5.74, 6) is 1.91. The Labute approximate surface area is 171 Å². The molecule has 0 aliphatic carbocycles. The van der Waals surface area contributed by atoms with Crippen molar-refractivity contribution in [3.05, 3.63) is 89.0 Å². The van der Waals surface area contributed by atoms with Crippen LogP contribution in [0.15, 0.2) is 72.0 Å². The van der Waals surface area contributed by atoms with Crippen molar-refractivity contribution in [3.8, 4) is 0 Å². The Morgan fingerprint density at radius 3 is 2.68 bits per heavy atom. The molecular formula is C22H26ClN5. The summed E-state index contributed by atoms with van der Waals surface area (Å²) in [7, 11) is 3.82. The summed E-state index contributed by atoms with van der Waals surface area (Å²) < 4.78 is 2.19. The van der Waals surface area contributed by atoms with Crippen molar-refractivity contribution in [2.45, 2.75) is 19.5 Å². The van der Waals surface area contributed by atoms with E-state index in [9.17, 15) is 0 Å². The largest absolute Gasteiger partial charge is 0.356 e. The van der Waals surface area contributed by atoms with Crippen LogP contribution in [0.25, 0.3) is 0 Å². The van der Waals surface area contributed by atoms with E-state index in [2.05, 4.69) is 55.1 Å². The summed E-state index contributed by atoms with van der Waals surface area (Å²) in [5, 5.41) is 4.17. The van der Waals surface area contributed by atoms with E-state index in [1.807, 2.05) is 43.7 Å². The fourth-order valence-corrected chi connectivity index (χ4v) is 3.36. The first-order valence-electron chi connectivity index (χ1n) is 9.36. The molecule has 0 amide bonds. The highest BCUT2D eigenvalue weighted by Crippen LogP contribution is 2.12. The Morgan fingerprint density at radius 2 is 1.93 bits per heavy atom. The minimum atomic E-state index is 0.739. The zero-order valence-electron chi connectivity index (χ0n) is 16.3. The average Bonchev–Trinajstić information content (AvgIpc) is 3.13. The fraction of sp³-hybridized carbons (Fsp3) is 0.273. The van der Waals surface area contributed by atoms with E-state index in [1.54, 1.807) is 7.05 Å². The van der Waals surface area contributed by atoms with Crippen molar-refractivity contribution in [1.29, 1.82) is 0 Å². The zero-order chi connectivity index (χ0) is 19.8. The van der Waals surface area contributed by atoms with Gasteiger partial charge in [0.1, 0.15) is 5.82 Å². The molecule has 3 aromatic rings. The molecule has 0 unspecified atom stereocenters. The molecule has 146 valence electrons. The summed E-state index contributed by atoms with van der Waals surface area (Å²) in [6.07, 6.45) is 4.71. The van der Waals surface area contributed by atoms with Crippen LogP contribution in [0.3, 0.4) is 0 Å². The van der Waals surface area contributed by atoms with Gasteiger partial charge in [-0.05, 0) is 23.3 Å². The maximum atomic E-state index is 6.08. The average molecular weight is 396 g/mol. The van der Waals surface area contributed by atoms with Gasteiger partial charge in [0.25, 0.3) is 0 Å². The van der Waals surface area contributed by atoms with Gasteiger partial charge in [-0.1, -0.05) is 54.1 Å². The maximum Gasteiger partial charge on any atom is 0.193 e. The van der Waals surface area contributed by atoms with Gasteiger partial charge in [0.2, 0.25) is 0 Å². The van der Waals surface area contributed by atoms with Crippen LogP contribution in [0.1, 0.15) is 17.0 Å². The van der Waals surface area contributed by atoms with Gasteiger partial charge in [0.15, 0.2) is 5.96 Å². The van der Waals surface area contributed by atoms with Crippen LogP contribution in [0.5, 0.6) is 0 Å². The Bertz CT molecular complexity index is 904. The third-order valence-corrected chi connectivity index (χ3v) is 4.75. The minimum absolute atomic E-state index is 0.739. The van der Waals surface area contributed by atoms with Gasteiger partial charge in [-0.15, -0.1) is 0 Å². The molecule has 2 aromatic carbocycles. The molecule has 6 heteroatoms. The molecule has 0 bridgehead atoms. The molecule has 0 aliphatic heterocycles. The van der Waals surface area contributed by atoms with Gasteiger partial charge in [0.05, 0.1) is 0 Å². The molecule has 3 rings (SSSR count). The quantitative estimate of drug-likeness (QED) is 0.488. The number of rotatable bonds is 7. The lowest BCUT2D eigenvalue weighted by molar-refractivity contribution is 0.476. The van der Waals surface area contributed by atoms with Crippen molar-refractivity contribution in [2.75, 3.05) is 20.6 Å². The first kappa shape index (κ1) is 20.0. The van der Waals surface area contributed by atoms with Gasteiger partial charge >= 0.3 is 0 Å². The molecule has 1 N–H and O–H groups in total. The third kappa shape index (κ3) is 5.60. The van der Waals surface area contributed by atoms with Crippen LogP contribution in [0.4, 0.5) is 0 Å². The second kappa shape index (κ2) is 9.95. The van der Waals surface area contributed by atoms with Crippen LogP contribution >= 0.6 is 11.6 Å². The highest BCUT2D eigenvalue weighted by molar-refractivity contribution is 6.30. The fourth-order valence-electron chi connectivity index (χ4n) is 3.15. The highest BCUT2D eigenvalue weighted by Gasteiger charge is 2.08. The Hall–Kier alpha value is -2.79. The van der Waals surface area contributed by atoms with E-state index < -0.39 is 0 Å². The smallest absolute Gasteiger partial charge is 0.193 e. The predicted molar refractivity (Wildman–Crippen MR) is 116 cm³/mol. The lowest BCUT2D eigenvalue weighted by Gasteiger charge is -2.22. The number of hydrogen-bond acceptors (Lipinski definition) is 2. The van der Waals surface area contributed by atoms with Crippen molar-refractivity contribution in [3.63, 3.8) is 0 Å². The SMILES string of the molecule is CN=C(NCCc1nccn1Cc1ccccc1)N(C)Cc1cccc(Cl)c1. The number of nitrogens with one attached hydrogen (secondary N) is 1. The van der Waals surface area contributed by atoms with Crippen LogP contribution in [-0.2, 0) is 19.5 Å². The summed E-state index contributed by atoms with van der Waals surface area (Å²) >= 11 is 6.08. The van der Waals surface area contributed by atoms with Crippen molar-refractivity contribution in [1.82, 2.24) is 19.8 Å². The number of guanidine groups is 1. The molecule has 0 aliphatic rings. The van der Waals surface area contributed by atoms with Crippen LogP contribution in [0, 0.1) is 0 Å².